The lowest BCUT2D eigenvalue weighted by molar-refractivity contribution is 0.115. The molecule has 0 amide bonds. The van der Waals surface area contributed by atoms with Crippen molar-refractivity contribution in [2.75, 3.05) is 40.3 Å². The number of hydrogen-bond acceptors (Lipinski definition) is 3. The van der Waals surface area contributed by atoms with Crippen LogP contribution in [0, 0.1) is 5.92 Å². The zero-order valence-corrected chi connectivity index (χ0v) is 11.8. The van der Waals surface area contributed by atoms with E-state index in [1.807, 2.05) is 0 Å². The monoisotopic (exact) mass is 239 g/mol. The molecule has 0 saturated carbocycles. The SMILES string of the molecule is CC1CCNC(CN2CCCC(N(C)C)C2)C1. The Hall–Kier alpha value is -0.120. The second-order valence-electron chi connectivity index (χ2n) is 6.30. The van der Waals surface area contributed by atoms with Crippen LogP contribution in [0.25, 0.3) is 0 Å². The van der Waals surface area contributed by atoms with E-state index in [9.17, 15) is 0 Å². The van der Waals surface area contributed by atoms with E-state index in [2.05, 4.69) is 36.1 Å². The topological polar surface area (TPSA) is 18.5 Å². The maximum Gasteiger partial charge on any atom is 0.0217 e. The number of nitrogens with zero attached hydrogens (tertiary/aromatic N) is 2. The minimum absolute atomic E-state index is 0.736. The van der Waals surface area contributed by atoms with E-state index in [0.717, 1.165) is 18.0 Å². The molecule has 2 saturated heterocycles. The van der Waals surface area contributed by atoms with Gasteiger partial charge in [-0.05, 0) is 58.8 Å². The smallest absolute Gasteiger partial charge is 0.0217 e. The Morgan fingerprint density at radius 3 is 2.82 bits per heavy atom. The van der Waals surface area contributed by atoms with Crippen molar-refractivity contribution in [2.24, 2.45) is 5.92 Å². The molecule has 0 aliphatic carbocycles. The number of hydrogen-bond donors (Lipinski definition) is 1. The molecule has 0 radical (unpaired) electrons. The highest BCUT2D eigenvalue weighted by Crippen LogP contribution is 2.18. The summed E-state index contributed by atoms with van der Waals surface area (Å²) in [5, 5.41) is 3.69. The van der Waals surface area contributed by atoms with E-state index < -0.39 is 0 Å². The van der Waals surface area contributed by atoms with Gasteiger partial charge < -0.3 is 15.1 Å². The van der Waals surface area contributed by atoms with Crippen LogP contribution in [-0.2, 0) is 0 Å². The van der Waals surface area contributed by atoms with Crippen LogP contribution in [-0.4, -0.2) is 62.2 Å². The highest BCUT2D eigenvalue weighted by Gasteiger charge is 2.25. The number of piperidine rings is 2. The van der Waals surface area contributed by atoms with Gasteiger partial charge in [0.05, 0.1) is 0 Å². The van der Waals surface area contributed by atoms with E-state index in [4.69, 9.17) is 0 Å². The fraction of sp³-hybridized carbons (Fsp3) is 1.00. The first-order valence-electron chi connectivity index (χ1n) is 7.27. The van der Waals surface area contributed by atoms with Crippen LogP contribution >= 0.6 is 0 Å². The summed E-state index contributed by atoms with van der Waals surface area (Å²) in [5.41, 5.74) is 0. The van der Waals surface area contributed by atoms with Crippen molar-refractivity contribution >= 4 is 0 Å². The van der Waals surface area contributed by atoms with Gasteiger partial charge in [0.1, 0.15) is 0 Å². The number of rotatable bonds is 3. The van der Waals surface area contributed by atoms with Gasteiger partial charge in [-0.15, -0.1) is 0 Å². The molecule has 1 N–H and O–H groups in total. The predicted octanol–water partition coefficient (Wildman–Crippen LogP) is 1.40. The van der Waals surface area contributed by atoms with Crippen LogP contribution in [0.2, 0.25) is 0 Å². The third-order valence-corrected chi connectivity index (χ3v) is 4.45. The molecular weight excluding hydrogens is 210 g/mol. The summed E-state index contributed by atoms with van der Waals surface area (Å²) in [6, 6.07) is 1.50. The van der Waals surface area contributed by atoms with E-state index >= 15 is 0 Å². The Morgan fingerprint density at radius 1 is 1.29 bits per heavy atom. The number of nitrogens with one attached hydrogen (secondary N) is 1. The van der Waals surface area contributed by atoms with E-state index in [-0.39, 0.29) is 0 Å². The Bertz CT molecular complexity index is 230. The number of likely N-dealkylation sites (tertiary alicyclic amines) is 1. The van der Waals surface area contributed by atoms with Gasteiger partial charge in [-0.25, -0.2) is 0 Å². The van der Waals surface area contributed by atoms with Gasteiger partial charge >= 0.3 is 0 Å². The third-order valence-electron chi connectivity index (χ3n) is 4.45. The van der Waals surface area contributed by atoms with Crippen molar-refractivity contribution in [3.63, 3.8) is 0 Å². The van der Waals surface area contributed by atoms with Gasteiger partial charge in [0.2, 0.25) is 0 Å². The number of likely N-dealkylation sites (N-methyl/N-ethyl adjacent to an activating group) is 1. The lowest BCUT2D eigenvalue weighted by atomic mass is 9.93. The van der Waals surface area contributed by atoms with Crippen molar-refractivity contribution in [2.45, 2.75) is 44.7 Å². The highest BCUT2D eigenvalue weighted by atomic mass is 15.2. The molecule has 2 rings (SSSR count). The van der Waals surface area contributed by atoms with Gasteiger partial charge in [-0.3, -0.25) is 0 Å². The average Bonchev–Trinajstić information content (AvgIpc) is 2.29. The molecule has 0 bridgehead atoms. The molecule has 2 aliphatic heterocycles. The third kappa shape index (κ3) is 3.94. The first-order chi connectivity index (χ1) is 8.15. The van der Waals surface area contributed by atoms with Crippen molar-refractivity contribution in [1.82, 2.24) is 15.1 Å². The van der Waals surface area contributed by atoms with Crippen molar-refractivity contribution < 1.29 is 0 Å². The lowest BCUT2D eigenvalue weighted by Crippen LogP contribution is -2.51. The maximum absolute atomic E-state index is 3.69. The summed E-state index contributed by atoms with van der Waals surface area (Å²) in [6.07, 6.45) is 5.46. The van der Waals surface area contributed by atoms with Crippen LogP contribution in [0.15, 0.2) is 0 Å². The molecule has 0 aromatic heterocycles. The molecule has 0 aromatic rings. The van der Waals surface area contributed by atoms with Gasteiger partial charge in [-0.1, -0.05) is 6.92 Å². The largest absolute Gasteiger partial charge is 0.313 e. The fourth-order valence-corrected chi connectivity index (χ4v) is 3.29. The summed E-state index contributed by atoms with van der Waals surface area (Å²) >= 11 is 0. The molecule has 2 aliphatic rings. The summed E-state index contributed by atoms with van der Waals surface area (Å²) in [7, 11) is 4.43. The normalized spacial score (nSPS) is 36.4. The van der Waals surface area contributed by atoms with Crippen molar-refractivity contribution in [3.05, 3.63) is 0 Å². The molecule has 100 valence electrons. The lowest BCUT2D eigenvalue weighted by Gasteiger charge is -2.39. The molecule has 2 fully saturated rings. The van der Waals surface area contributed by atoms with Gasteiger partial charge in [0, 0.05) is 25.2 Å². The van der Waals surface area contributed by atoms with E-state index in [1.54, 1.807) is 0 Å². The van der Waals surface area contributed by atoms with Crippen LogP contribution in [0.1, 0.15) is 32.6 Å². The Kier molecular flexibility index (Phi) is 4.83. The average molecular weight is 239 g/mol. The standard InChI is InChI=1S/C14H29N3/c1-12-6-7-15-13(9-12)10-17-8-4-5-14(11-17)16(2)3/h12-15H,4-11H2,1-3H3. The Labute approximate surface area is 107 Å². The van der Waals surface area contributed by atoms with E-state index in [0.29, 0.717) is 0 Å². The molecule has 0 aromatic carbocycles. The molecule has 0 spiro atoms. The molecule has 3 heteroatoms. The summed E-state index contributed by atoms with van der Waals surface area (Å²) < 4.78 is 0. The first-order valence-corrected chi connectivity index (χ1v) is 7.27. The van der Waals surface area contributed by atoms with Crippen LogP contribution in [0.5, 0.6) is 0 Å². The molecule has 3 unspecified atom stereocenters. The highest BCUT2D eigenvalue weighted by molar-refractivity contribution is 4.84. The van der Waals surface area contributed by atoms with Gasteiger partial charge in [0.25, 0.3) is 0 Å². The van der Waals surface area contributed by atoms with Crippen molar-refractivity contribution in [1.29, 1.82) is 0 Å². The molecule has 3 atom stereocenters. The second kappa shape index (κ2) is 6.17. The van der Waals surface area contributed by atoms with Gasteiger partial charge in [-0.2, -0.15) is 0 Å². The Morgan fingerprint density at radius 2 is 2.12 bits per heavy atom. The predicted molar refractivity (Wildman–Crippen MR) is 73.3 cm³/mol. The molecule has 17 heavy (non-hydrogen) atoms. The zero-order chi connectivity index (χ0) is 12.3. The van der Waals surface area contributed by atoms with Crippen LogP contribution < -0.4 is 5.32 Å². The van der Waals surface area contributed by atoms with Crippen molar-refractivity contribution in [3.8, 4) is 0 Å². The second-order valence-corrected chi connectivity index (χ2v) is 6.30. The van der Waals surface area contributed by atoms with Gasteiger partial charge in [0.15, 0.2) is 0 Å². The molecule has 3 nitrogen and oxygen atoms in total. The Balaban J connectivity index is 1.78. The summed E-state index contributed by atoms with van der Waals surface area (Å²) in [6.45, 7) is 7.44. The summed E-state index contributed by atoms with van der Waals surface area (Å²) in [4.78, 5) is 5.06. The van der Waals surface area contributed by atoms with Crippen LogP contribution in [0.3, 0.4) is 0 Å². The minimum atomic E-state index is 0.736. The fourth-order valence-electron chi connectivity index (χ4n) is 3.29. The summed E-state index contributed by atoms with van der Waals surface area (Å²) in [5.74, 6) is 0.913. The zero-order valence-electron chi connectivity index (χ0n) is 11.8. The first kappa shape index (κ1) is 13.3. The maximum atomic E-state index is 3.69. The minimum Gasteiger partial charge on any atom is -0.313 e. The molecular formula is C14H29N3. The van der Waals surface area contributed by atoms with Crippen LogP contribution in [0.4, 0.5) is 0 Å². The van der Waals surface area contributed by atoms with E-state index in [1.165, 1.54) is 51.9 Å². The quantitative estimate of drug-likeness (QED) is 0.803. The molecule has 2 heterocycles.